The fourth-order valence-electron chi connectivity index (χ4n) is 2.05. The van der Waals surface area contributed by atoms with Crippen molar-refractivity contribution in [2.24, 2.45) is 0 Å². The molecule has 1 aromatic heterocycles. The molecule has 23 heavy (non-hydrogen) atoms. The Balaban J connectivity index is 2.19. The molecule has 0 unspecified atom stereocenters. The highest BCUT2D eigenvalue weighted by molar-refractivity contribution is 6.31. The van der Waals surface area contributed by atoms with Crippen LogP contribution < -0.4 is 0 Å². The van der Waals surface area contributed by atoms with Crippen molar-refractivity contribution in [2.75, 3.05) is 7.05 Å². The van der Waals surface area contributed by atoms with Crippen LogP contribution in [0.2, 0.25) is 5.02 Å². The largest absolute Gasteiger partial charge is 0.356 e. The van der Waals surface area contributed by atoms with Gasteiger partial charge in [0.15, 0.2) is 5.78 Å². The second-order valence-corrected chi connectivity index (χ2v) is 5.46. The summed E-state index contributed by atoms with van der Waals surface area (Å²) in [6, 6.07) is 5.53. The van der Waals surface area contributed by atoms with E-state index in [1.807, 2.05) is 0 Å². The number of non-ortho nitro benzene ring substituents is 1. The first-order chi connectivity index (χ1) is 10.8. The van der Waals surface area contributed by atoms with Crippen LogP contribution >= 0.6 is 11.6 Å². The average Bonchev–Trinajstić information content (AvgIpc) is 2.98. The molecule has 0 spiro atoms. The van der Waals surface area contributed by atoms with Gasteiger partial charge in [0.05, 0.1) is 4.92 Å². The predicted octanol–water partition coefficient (Wildman–Crippen LogP) is 3.05. The van der Waals surface area contributed by atoms with E-state index in [9.17, 15) is 19.7 Å². The molecule has 8 heteroatoms. The number of nitrogens with one attached hydrogen (secondary N) is 1. The quantitative estimate of drug-likeness (QED) is 0.516. The number of benzene rings is 1. The lowest BCUT2D eigenvalue weighted by molar-refractivity contribution is -0.384. The maximum Gasteiger partial charge on any atom is 0.270 e. The van der Waals surface area contributed by atoms with Gasteiger partial charge in [-0.25, -0.2) is 0 Å². The molecule has 0 atom stereocenters. The van der Waals surface area contributed by atoms with Crippen molar-refractivity contribution in [1.29, 1.82) is 0 Å². The van der Waals surface area contributed by atoms with Crippen LogP contribution in [0.15, 0.2) is 30.5 Å². The molecule has 1 heterocycles. The number of aromatic amines is 1. The number of hydrogen-bond donors (Lipinski definition) is 1. The molecule has 7 nitrogen and oxygen atoms in total. The summed E-state index contributed by atoms with van der Waals surface area (Å²) >= 11 is 6.03. The van der Waals surface area contributed by atoms with E-state index in [0.29, 0.717) is 16.1 Å². The lowest BCUT2D eigenvalue weighted by atomic mass is 10.2. The minimum absolute atomic E-state index is 0.0935. The number of nitro benzene ring substituents is 1. The van der Waals surface area contributed by atoms with Gasteiger partial charge in [0.25, 0.3) is 11.6 Å². The van der Waals surface area contributed by atoms with Crippen LogP contribution in [0.4, 0.5) is 5.69 Å². The third-order valence-electron chi connectivity index (χ3n) is 3.31. The number of halogens is 1. The van der Waals surface area contributed by atoms with Gasteiger partial charge in [-0.3, -0.25) is 19.7 Å². The molecular weight excluding hydrogens is 322 g/mol. The first-order valence-electron chi connectivity index (χ1n) is 6.67. The van der Waals surface area contributed by atoms with Crippen LogP contribution in [0.1, 0.15) is 33.3 Å². The second kappa shape index (κ2) is 6.62. The van der Waals surface area contributed by atoms with Crippen molar-refractivity contribution in [3.8, 4) is 0 Å². The smallest absolute Gasteiger partial charge is 0.270 e. The van der Waals surface area contributed by atoms with Gasteiger partial charge in [-0.2, -0.15) is 0 Å². The number of H-pyrrole nitrogens is 1. The van der Waals surface area contributed by atoms with Gasteiger partial charge in [-0.05, 0) is 24.6 Å². The molecule has 0 aliphatic rings. The van der Waals surface area contributed by atoms with Crippen molar-refractivity contribution in [1.82, 2.24) is 9.88 Å². The highest BCUT2D eigenvalue weighted by Gasteiger charge is 2.18. The monoisotopic (exact) mass is 335 g/mol. The second-order valence-electron chi connectivity index (χ2n) is 5.05. The molecule has 120 valence electrons. The highest BCUT2D eigenvalue weighted by Crippen LogP contribution is 2.23. The van der Waals surface area contributed by atoms with E-state index < -0.39 is 4.92 Å². The zero-order valence-corrected chi connectivity index (χ0v) is 13.3. The minimum Gasteiger partial charge on any atom is -0.356 e. The predicted molar refractivity (Wildman–Crippen MR) is 84.7 cm³/mol. The average molecular weight is 336 g/mol. The first-order valence-corrected chi connectivity index (χ1v) is 7.05. The fourth-order valence-corrected chi connectivity index (χ4v) is 2.23. The Hall–Kier alpha value is -2.67. The Morgan fingerprint density at radius 2 is 2.04 bits per heavy atom. The van der Waals surface area contributed by atoms with E-state index >= 15 is 0 Å². The van der Waals surface area contributed by atoms with Crippen LogP contribution in [0.3, 0.4) is 0 Å². The molecule has 0 fully saturated rings. The number of rotatable bonds is 5. The standard InChI is InChI=1S/C15H14ClN3O4/c1-9(20)10-6-14(17-7-10)15(21)18(2)8-11-5-12(19(22)23)3-4-13(11)16/h3-7,17H,8H2,1-2H3. The third kappa shape index (κ3) is 3.75. The molecule has 1 aromatic carbocycles. The molecule has 2 aromatic rings. The van der Waals surface area contributed by atoms with E-state index in [2.05, 4.69) is 4.98 Å². The SMILES string of the molecule is CC(=O)c1c[nH]c(C(=O)N(C)Cc2cc([N+](=O)[O-])ccc2Cl)c1. The van der Waals surface area contributed by atoms with E-state index in [1.165, 1.54) is 42.3 Å². The molecule has 0 saturated heterocycles. The van der Waals surface area contributed by atoms with Gasteiger partial charge < -0.3 is 9.88 Å². The maximum absolute atomic E-state index is 12.3. The van der Waals surface area contributed by atoms with Crippen molar-refractivity contribution in [3.63, 3.8) is 0 Å². The molecule has 2 rings (SSSR count). The summed E-state index contributed by atoms with van der Waals surface area (Å²) in [5.74, 6) is -0.496. The van der Waals surface area contributed by atoms with Crippen LogP contribution in [-0.4, -0.2) is 33.5 Å². The van der Waals surface area contributed by atoms with Gasteiger partial charge in [0.2, 0.25) is 0 Å². The first kappa shape index (κ1) is 16.7. The number of nitro groups is 1. The molecule has 0 aliphatic heterocycles. The van der Waals surface area contributed by atoms with Crippen LogP contribution in [0, 0.1) is 10.1 Å². The third-order valence-corrected chi connectivity index (χ3v) is 3.68. The van der Waals surface area contributed by atoms with Gasteiger partial charge in [0.1, 0.15) is 5.69 Å². The molecular formula is C15H14ClN3O4. The number of aromatic nitrogens is 1. The Morgan fingerprint density at radius 1 is 1.35 bits per heavy atom. The Morgan fingerprint density at radius 3 is 2.61 bits per heavy atom. The summed E-state index contributed by atoms with van der Waals surface area (Å²) in [4.78, 5) is 38.0. The van der Waals surface area contributed by atoms with E-state index in [-0.39, 0.29) is 29.6 Å². The summed E-state index contributed by atoms with van der Waals surface area (Å²) in [5.41, 5.74) is 1.05. The molecule has 0 aliphatic carbocycles. The van der Waals surface area contributed by atoms with E-state index in [1.54, 1.807) is 7.05 Å². The van der Waals surface area contributed by atoms with Gasteiger partial charge >= 0.3 is 0 Å². The van der Waals surface area contributed by atoms with Crippen LogP contribution in [-0.2, 0) is 6.54 Å². The Bertz CT molecular complexity index is 785. The summed E-state index contributed by atoms with van der Waals surface area (Å²) in [6.45, 7) is 1.51. The number of amides is 1. The Kier molecular flexibility index (Phi) is 4.80. The number of ketones is 1. The van der Waals surface area contributed by atoms with Gasteiger partial charge in [-0.1, -0.05) is 11.6 Å². The van der Waals surface area contributed by atoms with E-state index in [4.69, 9.17) is 11.6 Å². The van der Waals surface area contributed by atoms with E-state index in [0.717, 1.165) is 0 Å². The number of carbonyl (C=O) groups excluding carboxylic acids is 2. The number of hydrogen-bond acceptors (Lipinski definition) is 4. The zero-order valence-electron chi connectivity index (χ0n) is 12.5. The summed E-state index contributed by atoms with van der Waals surface area (Å²) in [7, 11) is 1.55. The fraction of sp³-hybridized carbons (Fsp3) is 0.200. The summed E-state index contributed by atoms with van der Waals surface area (Å²) in [6.07, 6.45) is 1.46. The van der Waals surface area contributed by atoms with Crippen molar-refractivity contribution >= 4 is 29.0 Å². The molecule has 1 amide bonds. The molecule has 1 N–H and O–H groups in total. The molecule has 0 bridgehead atoms. The summed E-state index contributed by atoms with van der Waals surface area (Å²) in [5, 5.41) is 11.2. The van der Waals surface area contributed by atoms with Gasteiger partial charge in [0, 0.05) is 42.5 Å². The lowest BCUT2D eigenvalue weighted by Gasteiger charge is -2.17. The number of Topliss-reactive ketones (excluding diaryl/α,β-unsaturated/α-hetero) is 1. The van der Waals surface area contributed by atoms with Crippen molar-refractivity contribution < 1.29 is 14.5 Å². The zero-order chi connectivity index (χ0) is 17.1. The Labute approximate surface area is 137 Å². The van der Waals surface area contributed by atoms with Crippen LogP contribution in [0.5, 0.6) is 0 Å². The number of nitrogens with zero attached hydrogens (tertiary/aromatic N) is 2. The molecule has 0 saturated carbocycles. The van der Waals surface area contributed by atoms with Crippen molar-refractivity contribution in [3.05, 3.63) is 62.4 Å². The number of carbonyl (C=O) groups is 2. The van der Waals surface area contributed by atoms with Crippen molar-refractivity contribution in [2.45, 2.75) is 13.5 Å². The normalized spacial score (nSPS) is 10.4. The lowest BCUT2D eigenvalue weighted by Crippen LogP contribution is -2.26. The maximum atomic E-state index is 12.3. The topological polar surface area (TPSA) is 96.3 Å². The molecule has 0 radical (unpaired) electrons. The van der Waals surface area contributed by atoms with Crippen LogP contribution in [0.25, 0.3) is 0 Å². The van der Waals surface area contributed by atoms with Gasteiger partial charge in [-0.15, -0.1) is 0 Å². The highest BCUT2D eigenvalue weighted by atomic mass is 35.5. The minimum atomic E-state index is -0.522. The summed E-state index contributed by atoms with van der Waals surface area (Å²) < 4.78 is 0.